The lowest BCUT2D eigenvalue weighted by Gasteiger charge is -2.26. The van der Waals surface area contributed by atoms with E-state index in [1.807, 2.05) is 42.6 Å². The van der Waals surface area contributed by atoms with Gasteiger partial charge in [-0.05, 0) is 80.0 Å². The lowest BCUT2D eigenvalue weighted by Crippen LogP contribution is -2.36. The van der Waals surface area contributed by atoms with Gasteiger partial charge in [-0.2, -0.15) is 0 Å². The highest BCUT2D eigenvalue weighted by Gasteiger charge is 2.11. The summed E-state index contributed by atoms with van der Waals surface area (Å²) in [5.74, 6) is 2.13. The van der Waals surface area contributed by atoms with Crippen LogP contribution in [0.2, 0.25) is 0 Å². The highest BCUT2D eigenvalue weighted by molar-refractivity contribution is 7.80. The summed E-state index contributed by atoms with van der Waals surface area (Å²) >= 11 is 5.35. The molecule has 0 radical (unpaired) electrons. The lowest BCUT2D eigenvalue weighted by atomic mass is 10.1. The molecule has 2 aromatic rings. The molecule has 2 N–H and O–H groups in total. The molecule has 8 heteroatoms. The summed E-state index contributed by atoms with van der Waals surface area (Å²) in [5.41, 5.74) is 2.40. The first-order chi connectivity index (χ1) is 16.7. The van der Waals surface area contributed by atoms with Gasteiger partial charge in [0, 0.05) is 31.9 Å². The molecule has 2 heterocycles. The Labute approximate surface area is 208 Å². The van der Waals surface area contributed by atoms with Gasteiger partial charge in [0.25, 0.3) is 0 Å². The van der Waals surface area contributed by atoms with Crippen LogP contribution in [0.3, 0.4) is 0 Å². The number of pyridine rings is 1. The molecule has 0 atom stereocenters. The van der Waals surface area contributed by atoms with E-state index in [1.165, 1.54) is 37.9 Å². The molecule has 1 aromatic carbocycles. The fraction of sp³-hybridized carbons (Fsp3) is 0.462. The number of benzene rings is 1. The summed E-state index contributed by atoms with van der Waals surface area (Å²) in [4.78, 5) is 6.82. The molecular weight excluding hydrogens is 448 g/mol. The molecular formula is C26H36N4O3S. The van der Waals surface area contributed by atoms with E-state index in [0.717, 1.165) is 36.6 Å². The van der Waals surface area contributed by atoms with Gasteiger partial charge in [-0.25, -0.2) is 4.98 Å². The molecule has 1 aromatic heterocycles. The Hall–Kier alpha value is -2.84. The maximum absolute atomic E-state index is 5.78. The zero-order valence-electron chi connectivity index (χ0n) is 20.2. The zero-order valence-corrected chi connectivity index (χ0v) is 21.0. The molecule has 0 amide bonds. The molecule has 1 saturated heterocycles. The van der Waals surface area contributed by atoms with Crippen molar-refractivity contribution in [2.24, 2.45) is 0 Å². The molecule has 184 valence electrons. The lowest BCUT2D eigenvalue weighted by molar-refractivity contribution is 0.220. The Morgan fingerprint density at radius 2 is 1.82 bits per heavy atom. The molecule has 0 aliphatic carbocycles. The second-order valence-corrected chi connectivity index (χ2v) is 8.61. The normalized spacial score (nSPS) is 14.1. The number of nitrogens with zero attached hydrogens (tertiary/aromatic N) is 2. The van der Waals surface area contributed by atoms with E-state index >= 15 is 0 Å². The Balaban J connectivity index is 1.29. The zero-order chi connectivity index (χ0) is 24.0. The van der Waals surface area contributed by atoms with Crippen LogP contribution in [-0.2, 0) is 13.0 Å². The number of aromatic nitrogens is 1. The second-order valence-electron chi connectivity index (χ2n) is 8.20. The van der Waals surface area contributed by atoms with Crippen molar-refractivity contribution in [3.05, 3.63) is 59.8 Å². The summed E-state index contributed by atoms with van der Waals surface area (Å²) in [7, 11) is 3.27. The number of ether oxygens (including phenoxy) is 3. The van der Waals surface area contributed by atoms with Gasteiger partial charge < -0.3 is 24.8 Å². The summed E-state index contributed by atoms with van der Waals surface area (Å²) < 4.78 is 16.4. The third kappa shape index (κ3) is 8.83. The quantitative estimate of drug-likeness (QED) is 0.349. The minimum Gasteiger partial charge on any atom is -0.493 e. The molecule has 0 saturated carbocycles. The van der Waals surface area contributed by atoms with E-state index < -0.39 is 0 Å². The van der Waals surface area contributed by atoms with E-state index in [0.29, 0.717) is 24.1 Å². The fourth-order valence-electron chi connectivity index (χ4n) is 3.86. The summed E-state index contributed by atoms with van der Waals surface area (Å²) in [6.45, 7) is 5.17. The van der Waals surface area contributed by atoms with Crippen LogP contribution in [0.15, 0.2) is 48.7 Å². The molecule has 1 fully saturated rings. The fourth-order valence-corrected chi connectivity index (χ4v) is 4.04. The number of hydrogen-bond acceptors (Lipinski definition) is 6. The predicted molar refractivity (Wildman–Crippen MR) is 140 cm³/mol. The smallest absolute Gasteiger partial charge is 0.213 e. The van der Waals surface area contributed by atoms with Gasteiger partial charge in [-0.1, -0.05) is 18.6 Å². The Bertz CT molecular complexity index is 932. The maximum Gasteiger partial charge on any atom is 0.213 e. The summed E-state index contributed by atoms with van der Waals surface area (Å²) in [6, 6.07) is 10.0. The Morgan fingerprint density at radius 3 is 2.62 bits per heavy atom. The van der Waals surface area contributed by atoms with E-state index in [1.54, 1.807) is 14.2 Å². The first-order valence-electron chi connectivity index (χ1n) is 11.9. The van der Waals surface area contributed by atoms with Gasteiger partial charge in [0.2, 0.25) is 5.88 Å². The average Bonchev–Trinajstić information content (AvgIpc) is 2.87. The van der Waals surface area contributed by atoms with E-state index in [4.69, 9.17) is 26.4 Å². The van der Waals surface area contributed by atoms with Crippen molar-refractivity contribution in [3.8, 4) is 17.4 Å². The molecule has 3 rings (SSSR count). The Morgan fingerprint density at radius 1 is 1.00 bits per heavy atom. The van der Waals surface area contributed by atoms with Crippen molar-refractivity contribution >= 4 is 17.3 Å². The highest BCUT2D eigenvalue weighted by atomic mass is 32.1. The van der Waals surface area contributed by atoms with Gasteiger partial charge in [0.1, 0.15) is 6.61 Å². The first-order valence-corrected chi connectivity index (χ1v) is 12.3. The van der Waals surface area contributed by atoms with Gasteiger partial charge in [-0.15, -0.1) is 0 Å². The van der Waals surface area contributed by atoms with Crippen molar-refractivity contribution in [3.63, 3.8) is 0 Å². The van der Waals surface area contributed by atoms with Crippen LogP contribution in [0.1, 0.15) is 30.4 Å². The molecule has 34 heavy (non-hydrogen) atoms. The monoisotopic (exact) mass is 484 g/mol. The minimum absolute atomic E-state index is 0.474. The largest absolute Gasteiger partial charge is 0.493 e. The predicted octanol–water partition coefficient (Wildman–Crippen LogP) is 3.73. The molecule has 0 spiro atoms. The van der Waals surface area contributed by atoms with Gasteiger partial charge in [-0.3, -0.25) is 4.90 Å². The molecule has 0 unspecified atom stereocenters. The highest BCUT2D eigenvalue weighted by Crippen LogP contribution is 2.27. The molecule has 7 nitrogen and oxygen atoms in total. The van der Waals surface area contributed by atoms with E-state index in [2.05, 4.69) is 26.6 Å². The van der Waals surface area contributed by atoms with Crippen LogP contribution in [0.25, 0.3) is 0 Å². The van der Waals surface area contributed by atoms with Crippen LogP contribution in [0.5, 0.6) is 17.4 Å². The van der Waals surface area contributed by atoms with Crippen molar-refractivity contribution < 1.29 is 14.2 Å². The summed E-state index contributed by atoms with van der Waals surface area (Å²) in [6.07, 6.45) is 10.6. The van der Waals surface area contributed by atoms with Crippen LogP contribution in [-0.4, -0.2) is 62.0 Å². The van der Waals surface area contributed by atoms with Crippen molar-refractivity contribution in [2.45, 2.75) is 32.2 Å². The number of likely N-dealkylation sites (tertiary alicyclic amines) is 1. The van der Waals surface area contributed by atoms with E-state index in [-0.39, 0.29) is 0 Å². The number of hydrogen-bond donors (Lipinski definition) is 2. The maximum atomic E-state index is 5.78. The summed E-state index contributed by atoms with van der Waals surface area (Å²) in [5, 5.41) is 7.02. The first kappa shape index (κ1) is 25.8. The number of methoxy groups -OCH3 is 2. The Kier molecular flexibility index (Phi) is 10.9. The topological polar surface area (TPSA) is 67.9 Å². The molecule has 1 aliphatic heterocycles. The van der Waals surface area contributed by atoms with E-state index in [9.17, 15) is 0 Å². The van der Waals surface area contributed by atoms with Crippen molar-refractivity contribution in [1.82, 2.24) is 20.5 Å². The third-order valence-electron chi connectivity index (χ3n) is 5.68. The van der Waals surface area contributed by atoms with Crippen LogP contribution in [0.4, 0.5) is 0 Å². The number of thiocarbonyl (C=S) groups is 1. The number of rotatable bonds is 12. The second kappa shape index (κ2) is 14.4. The van der Waals surface area contributed by atoms with Gasteiger partial charge in [0.15, 0.2) is 16.6 Å². The van der Waals surface area contributed by atoms with Crippen LogP contribution < -0.4 is 24.8 Å². The minimum atomic E-state index is 0.474. The third-order valence-corrected chi connectivity index (χ3v) is 5.96. The molecule has 0 bridgehead atoms. The number of nitrogens with one attached hydrogen (secondary N) is 2. The standard InChI is InChI=1S/C26H36N4O3S/c1-31-23-9-8-21(18-24(23)32-2)10-14-29-26(34)28-12-4-7-17-33-25-19-22(11-13-27-25)20-30-15-5-3-6-16-30/h4,7-9,11,13,18-19H,3,5-6,10,12,14-17,20H2,1-2H3,(H2,28,29,34)/b7-4-. The van der Waals surface area contributed by atoms with Crippen molar-refractivity contribution in [1.29, 1.82) is 0 Å². The van der Waals surface area contributed by atoms with Crippen LogP contribution in [0, 0.1) is 0 Å². The SMILES string of the molecule is COc1ccc(CCNC(=S)NC/C=C\COc2cc(CN3CCCCC3)ccn2)cc1OC. The molecule has 1 aliphatic rings. The average molecular weight is 485 g/mol. The van der Waals surface area contributed by atoms with Crippen molar-refractivity contribution in [2.75, 3.05) is 47.0 Å². The van der Waals surface area contributed by atoms with Crippen LogP contribution >= 0.6 is 12.2 Å². The van der Waals surface area contributed by atoms with Gasteiger partial charge in [0.05, 0.1) is 14.2 Å². The number of piperidine rings is 1. The van der Waals surface area contributed by atoms with Gasteiger partial charge >= 0.3 is 0 Å².